The summed E-state index contributed by atoms with van der Waals surface area (Å²) in [5.41, 5.74) is 0. The van der Waals surface area contributed by atoms with Crippen LogP contribution in [0.3, 0.4) is 0 Å². The molecule has 1 unspecified atom stereocenters. The van der Waals surface area contributed by atoms with Crippen molar-refractivity contribution in [3.63, 3.8) is 0 Å². The molecule has 2 aliphatic heterocycles. The van der Waals surface area contributed by atoms with E-state index in [0.717, 1.165) is 50.9 Å². The molecule has 0 aromatic carbocycles. The number of aryl methyl sites for hydroxylation is 1. The van der Waals surface area contributed by atoms with Crippen LogP contribution in [0.2, 0.25) is 0 Å². The summed E-state index contributed by atoms with van der Waals surface area (Å²) in [5.74, 6) is 1.90. The first-order chi connectivity index (χ1) is 12.3. The number of rotatable bonds is 7. The zero-order chi connectivity index (χ0) is 17.5. The number of guanidine groups is 1. The van der Waals surface area contributed by atoms with Crippen LogP contribution >= 0.6 is 11.3 Å². The monoisotopic (exact) mass is 363 g/mol. The molecule has 1 aromatic heterocycles. The average molecular weight is 364 g/mol. The first-order valence-electron chi connectivity index (χ1n) is 9.97. The maximum Gasteiger partial charge on any atom is 0.193 e. The van der Waals surface area contributed by atoms with E-state index in [4.69, 9.17) is 4.99 Å². The molecule has 0 amide bonds. The van der Waals surface area contributed by atoms with E-state index in [9.17, 15) is 0 Å². The minimum absolute atomic E-state index is 0.799. The van der Waals surface area contributed by atoms with Gasteiger partial charge < -0.3 is 15.1 Å². The van der Waals surface area contributed by atoms with Gasteiger partial charge in [-0.2, -0.15) is 0 Å². The van der Waals surface area contributed by atoms with Crippen molar-refractivity contribution in [1.29, 1.82) is 0 Å². The van der Waals surface area contributed by atoms with Gasteiger partial charge in [0.15, 0.2) is 5.96 Å². The van der Waals surface area contributed by atoms with E-state index in [1.165, 1.54) is 48.8 Å². The Morgan fingerprint density at radius 1 is 1.32 bits per heavy atom. The molecule has 3 heterocycles. The van der Waals surface area contributed by atoms with Crippen molar-refractivity contribution in [2.24, 2.45) is 10.9 Å². The van der Waals surface area contributed by atoms with Gasteiger partial charge in [0.1, 0.15) is 0 Å². The highest BCUT2D eigenvalue weighted by Gasteiger charge is 2.27. The zero-order valence-electron chi connectivity index (χ0n) is 15.8. The molecule has 2 fully saturated rings. The van der Waals surface area contributed by atoms with Gasteiger partial charge >= 0.3 is 0 Å². The van der Waals surface area contributed by atoms with E-state index in [1.807, 2.05) is 17.5 Å². The molecule has 0 spiro atoms. The van der Waals surface area contributed by atoms with Gasteiger partial charge in [0.05, 0.1) is 5.01 Å². The molecule has 140 valence electrons. The van der Waals surface area contributed by atoms with E-state index < -0.39 is 0 Å². The Labute approximate surface area is 156 Å². The third-order valence-corrected chi connectivity index (χ3v) is 6.37. The van der Waals surface area contributed by atoms with Crippen LogP contribution in [0.4, 0.5) is 0 Å². The number of likely N-dealkylation sites (tertiary alicyclic amines) is 2. The molecule has 1 N–H and O–H groups in total. The van der Waals surface area contributed by atoms with Crippen molar-refractivity contribution in [3.05, 3.63) is 16.1 Å². The van der Waals surface area contributed by atoms with Gasteiger partial charge in [-0.15, -0.1) is 11.3 Å². The fraction of sp³-hybridized carbons (Fsp3) is 0.789. The van der Waals surface area contributed by atoms with Gasteiger partial charge in [0.25, 0.3) is 0 Å². The molecule has 2 saturated heterocycles. The number of aliphatic imine (C=N–C) groups is 1. The van der Waals surface area contributed by atoms with Gasteiger partial charge in [0, 0.05) is 50.2 Å². The minimum atomic E-state index is 0.799. The van der Waals surface area contributed by atoms with E-state index in [2.05, 4.69) is 33.9 Å². The van der Waals surface area contributed by atoms with Crippen LogP contribution in [-0.4, -0.2) is 66.6 Å². The van der Waals surface area contributed by atoms with Crippen molar-refractivity contribution >= 4 is 17.3 Å². The first kappa shape index (κ1) is 18.6. The van der Waals surface area contributed by atoms with Crippen LogP contribution in [0.5, 0.6) is 0 Å². The summed E-state index contributed by atoms with van der Waals surface area (Å²) in [5, 5.41) is 4.70. The summed E-state index contributed by atoms with van der Waals surface area (Å²) in [7, 11) is 0. The number of thiazole rings is 1. The third kappa shape index (κ3) is 5.42. The maximum absolute atomic E-state index is 4.88. The molecule has 0 radical (unpaired) electrons. The number of hydrogen-bond acceptors (Lipinski definition) is 4. The van der Waals surface area contributed by atoms with Gasteiger partial charge in [-0.05, 0) is 51.6 Å². The standard InChI is InChI=1S/C19H33N5S/c1-3-17-13-22-18(25-17)7-9-21-19(20-4-2)24-12-8-16(15-24)14-23-10-5-6-11-23/h13,16H,3-12,14-15H2,1-2H3,(H,20,21). The van der Waals surface area contributed by atoms with E-state index in [1.54, 1.807) is 0 Å². The van der Waals surface area contributed by atoms with Crippen molar-refractivity contribution in [2.75, 3.05) is 45.8 Å². The second kappa shape index (κ2) is 9.53. The topological polar surface area (TPSA) is 43.8 Å². The summed E-state index contributed by atoms with van der Waals surface area (Å²) < 4.78 is 0. The Kier molecular flexibility index (Phi) is 7.11. The van der Waals surface area contributed by atoms with Gasteiger partial charge in [-0.25, -0.2) is 4.98 Å². The summed E-state index contributed by atoms with van der Waals surface area (Å²) in [6, 6.07) is 0. The lowest BCUT2D eigenvalue weighted by atomic mass is 10.1. The molecule has 1 aromatic rings. The minimum Gasteiger partial charge on any atom is -0.357 e. The van der Waals surface area contributed by atoms with Crippen molar-refractivity contribution in [3.8, 4) is 0 Å². The molecule has 1 atom stereocenters. The summed E-state index contributed by atoms with van der Waals surface area (Å²) in [4.78, 5) is 15.9. The van der Waals surface area contributed by atoms with Crippen LogP contribution in [-0.2, 0) is 12.8 Å². The molecule has 3 rings (SSSR count). The van der Waals surface area contributed by atoms with Crippen molar-refractivity contribution < 1.29 is 0 Å². The van der Waals surface area contributed by atoms with Crippen molar-refractivity contribution in [1.82, 2.24) is 20.1 Å². The molecule has 2 aliphatic rings. The Morgan fingerprint density at radius 3 is 2.88 bits per heavy atom. The van der Waals surface area contributed by atoms with Gasteiger partial charge in [0.2, 0.25) is 0 Å². The molecule has 0 saturated carbocycles. The Morgan fingerprint density at radius 2 is 2.16 bits per heavy atom. The van der Waals surface area contributed by atoms with E-state index in [0.29, 0.717) is 0 Å². The molecule has 6 heteroatoms. The van der Waals surface area contributed by atoms with Crippen molar-refractivity contribution in [2.45, 2.75) is 46.0 Å². The van der Waals surface area contributed by atoms with Crippen LogP contribution in [0, 0.1) is 5.92 Å². The maximum atomic E-state index is 4.88. The fourth-order valence-corrected chi connectivity index (χ4v) is 4.67. The lowest BCUT2D eigenvalue weighted by Crippen LogP contribution is -2.41. The Balaban J connectivity index is 1.49. The second-order valence-electron chi connectivity index (χ2n) is 7.17. The predicted molar refractivity (Wildman–Crippen MR) is 107 cm³/mol. The highest BCUT2D eigenvalue weighted by molar-refractivity contribution is 7.11. The smallest absolute Gasteiger partial charge is 0.193 e. The third-order valence-electron chi connectivity index (χ3n) is 5.17. The summed E-state index contributed by atoms with van der Waals surface area (Å²) in [6.45, 7) is 12.3. The van der Waals surface area contributed by atoms with Crippen LogP contribution in [0.1, 0.15) is 43.0 Å². The molecule has 0 aliphatic carbocycles. The zero-order valence-corrected chi connectivity index (χ0v) is 16.7. The quantitative estimate of drug-likeness (QED) is 0.597. The summed E-state index contributed by atoms with van der Waals surface area (Å²) >= 11 is 1.83. The Hall–Kier alpha value is -1.14. The lowest BCUT2D eigenvalue weighted by molar-refractivity contribution is 0.281. The number of nitrogens with one attached hydrogen (secondary N) is 1. The second-order valence-corrected chi connectivity index (χ2v) is 8.37. The SMILES string of the molecule is CCNC(=NCCc1ncc(CC)s1)N1CCC(CN2CCCC2)C1. The highest BCUT2D eigenvalue weighted by atomic mass is 32.1. The average Bonchev–Trinajstić information content (AvgIpc) is 3.36. The normalized spacial score (nSPS) is 22.1. The van der Waals surface area contributed by atoms with Crippen LogP contribution in [0.25, 0.3) is 0 Å². The van der Waals surface area contributed by atoms with Crippen LogP contribution < -0.4 is 5.32 Å². The number of hydrogen-bond donors (Lipinski definition) is 1. The molecular weight excluding hydrogens is 330 g/mol. The van der Waals surface area contributed by atoms with Gasteiger partial charge in [-0.3, -0.25) is 4.99 Å². The molecule has 5 nitrogen and oxygen atoms in total. The number of aromatic nitrogens is 1. The largest absolute Gasteiger partial charge is 0.357 e. The molecule has 25 heavy (non-hydrogen) atoms. The number of nitrogens with zero attached hydrogens (tertiary/aromatic N) is 4. The molecule has 0 bridgehead atoms. The fourth-order valence-electron chi connectivity index (χ4n) is 3.81. The van der Waals surface area contributed by atoms with Crippen LogP contribution in [0.15, 0.2) is 11.2 Å². The lowest BCUT2D eigenvalue weighted by Gasteiger charge is -2.23. The molecular formula is C19H33N5S. The van der Waals surface area contributed by atoms with Gasteiger partial charge in [-0.1, -0.05) is 6.92 Å². The van der Waals surface area contributed by atoms with E-state index in [-0.39, 0.29) is 0 Å². The Bertz CT molecular complexity index is 550. The van der Waals surface area contributed by atoms with E-state index >= 15 is 0 Å². The first-order valence-corrected chi connectivity index (χ1v) is 10.8. The predicted octanol–water partition coefficient (Wildman–Crippen LogP) is 2.63. The highest BCUT2D eigenvalue weighted by Crippen LogP contribution is 2.20. The summed E-state index contributed by atoms with van der Waals surface area (Å²) in [6.07, 6.45) is 8.11.